The lowest BCUT2D eigenvalue weighted by Gasteiger charge is -2.07. The Hall–Kier alpha value is -1.34. The van der Waals surface area contributed by atoms with Gasteiger partial charge >= 0.3 is 0 Å². The molecule has 2 aromatic rings. The number of aromatic nitrogens is 1. The highest BCUT2D eigenvalue weighted by Crippen LogP contribution is 2.26. The number of hydrogen-bond acceptors (Lipinski definition) is 1. The van der Waals surface area contributed by atoms with Crippen molar-refractivity contribution >= 4 is 11.6 Å². The molecule has 76 valence electrons. The van der Waals surface area contributed by atoms with Crippen LogP contribution in [-0.2, 0) is 6.42 Å². The summed E-state index contributed by atoms with van der Waals surface area (Å²) in [6, 6.07) is 10.00. The minimum Gasteiger partial charge on any atom is -0.264 e. The first kappa shape index (κ1) is 10.2. The van der Waals surface area contributed by atoms with E-state index in [2.05, 4.69) is 24.0 Å². The Morgan fingerprint density at radius 2 is 2.13 bits per heavy atom. The summed E-state index contributed by atoms with van der Waals surface area (Å²) in [5, 5.41) is 0.769. The fourth-order valence-corrected chi connectivity index (χ4v) is 1.82. The molecular weight excluding hydrogens is 206 g/mol. The molecule has 1 nitrogen and oxygen atoms in total. The maximum Gasteiger partial charge on any atom is 0.0412 e. The summed E-state index contributed by atoms with van der Waals surface area (Å²) in [5.74, 6) is 0. The van der Waals surface area contributed by atoms with Crippen molar-refractivity contribution in [3.8, 4) is 11.1 Å². The summed E-state index contributed by atoms with van der Waals surface area (Å²) >= 11 is 6.00. The lowest BCUT2D eigenvalue weighted by molar-refractivity contribution is 1.14. The lowest BCUT2D eigenvalue weighted by atomic mass is 10.00. The Labute approximate surface area is 94.7 Å². The van der Waals surface area contributed by atoms with Gasteiger partial charge in [0.15, 0.2) is 0 Å². The molecule has 0 radical (unpaired) electrons. The van der Waals surface area contributed by atoms with Crippen molar-refractivity contribution in [2.75, 3.05) is 0 Å². The van der Waals surface area contributed by atoms with Crippen LogP contribution in [0.2, 0.25) is 5.02 Å². The lowest BCUT2D eigenvalue weighted by Crippen LogP contribution is -1.87. The molecule has 0 spiro atoms. The smallest absolute Gasteiger partial charge is 0.0412 e. The predicted octanol–water partition coefficient (Wildman–Crippen LogP) is 3.96. The van der Waals surface area contributed by atoms with Crippen LogP contribution in [0.3, 0.4) is 0 Å². The van der Waals surface area contributed by atoms with E-state index >= 15 is 0 Å². The Morgan fingerprint density at radius 1 is 1.27 bits per heavy atom. The van der Waals surface area contributed by atoms with Crippen LogP contribution in [0.5, 0.6) is 0 Å². The number of halogens is 1. The highest BCUT2D eigenvalue weighted by Gasteiger charge is 2.04. The summed E-state index contributed by atoms with van der Waals surface area (Å²) in [6.45, 7) is 2.14. The van der Waals surface area contributed by atoms with Gasteiger partial charge in [0.05, 0.1) is 0 Å². The van der Waals surface area contributed by atoms with Crippen LogP contribution in [0.25, 0.3) is 11.1 Å². The molecule has 0 fully saturated rings. The van der Waals surface area contributed by atoms with Gasteiger partial charge in [0, 0.05) is 23.0 Å². The molecule has 1 aromatic carbocycles. The van der Waals surface area contributed by atoms with E-state index in [0.29, 0.717) is 0 Å². The maximum atomic E-state index is 6.00. The SMILES string of the molecule is CCc1ccc(Cl)cc1-c1cccnc1. The first-order chi connectivity index (χ1) is 7.31. The average molecular weight is 218 g/mol. The largest absolute Gasteiger partial charge is 0.264 e. The van der Waals surface area contributed by atoms with E-state index in [1.54, 1.807) is 6.20 Å². The molecule has 0 aliphatic heterocycles. The van der Waals surface area contributed by atoms with Gasteiger partial charge < -0.3 is 0 Å². The predicted molar refractivity (Wildman–Crippen MR) is 64.1 cm³/mol. The molecule has 1 aromatic heterocycles. The van der Waals surface area contributed by atoms with Crippen molar-refractivity contribution in [3.05, 3.63) is 53.3 Å². The molecule has 0 N–H and O–H groups in total. The highest BCUT2D eigenvalue weighted by molar-refractivity contribution is 6.30. The van der Waals surface area contributed by atoms with Crippen molar-refractivity contribution in [2.24, 2.45) is 0 Å². The second kappa shape index (κ2) is 4.45. The van der Waals surface area contributed by atoms with E-state index in [9.17, 15) is 0 Å². The number of aryl methyl sites for hydroxylation is 1. The van der Waals surface area contributed by atoms with E-state index < -0.39 is 0 Å². The van der Waals surface area contributed by atoms with E-state index in [0.717, 1.165) is 17.0 Å². The first-order valence-electron chi connectivity index (χ1n) is 5.00. The maximum absolute atomic E-state index is 6.00. The molecule has 0 unspecified atom stereocenters. The Balaban J connectivity index is 2.56. The van der Waals surface area contributed by atoms with E-state index in [-0.39, 0.29) is 0 Å². The van der Waals surface area contributed by atoms with Crippen molar-refractivity contribution < 1.29 is 0 Å². The van der Waals surface area contributed by atoms with Crippen molar-refractivity contribution in [3.63, 3.8) is 0 Å². The van der Waals surface area contributed by atoms with Gasteiger partial charge in [-0.1, -0.05) is 30.7 Å². The standard InChI is InChI=1S/C13H12ClN/c1-2-10-5-6-12(14)8-13(10)11-4-3-7-15-9-11/h3-9H,2H2,1H3. The van der Waals surface area contributed by atoms with Crippen molar-refractivity contribution in [2.45, 2.75) is 13.3 Å². The number of pyridine rings is 1. The normalized spacial score (nSPS) is 10.3. The van der Waals surface area contributed by atoms with Gasteiger partial charge in [-0.15, -0.1) is 0 Å². The minimum atomic E-state index is 0.769. The van der Waals surface area contributed by atoms with Crippen LogP contribution < -0.4 is 0 Å². The molecule has 0 aliphatic rings. The third kappa shape index (κ3) is 2.18. The first-order valence-corrected chi connectivity index (χ1v) is 5.38. The molecule has 0 bridgehead atoms. The average Bonchev–Trinajstić information content (AvgIpc) is 2.30. The molecule has 0 aliphatic carbocycles. The van der Waals surface area contributed by atoms with Gasteiger partial charge in [-0.05, 0) is 35.7 Å². The number of benzene rings is 1. The highest BCUT2D eigenvalue weighted by atomic mass is 35.5. The molecule has 0 saturated carbocycles. The zero-order chi connectivity index (χ0) is 10.7. The third-order valence-corrected chi connectivity index (χ3v) is 2.66. The second-order valence-corrected chi connectivity index (χ2v) is 3.83. The molecule has 0 atom stereocenters. The van der Waals surface area contributed by atoms with Crippen molar-refractivity contribution in [1.29, 1.82) is 0 Å². The van der Waals surface area contributed by atoms with E-state index in [1.807, 2.05) is 24.4 Å². The topological polar surface area (TPSA) is 12.9 Å². The van der Waals surface area contributed by atoms with Crippen LogP contribution in [0, 0.1) is 0 Å². The van der Waals surface area contributed by atoms with Gasteiger partial charge in [-0.25, -0.2) is 0 Å². The fourth-order valence-electron chi connectivity index (χ4n) is 1.65. The minimum absolute atomic E-state index is 0.769. The van der Waals surface area contributed by atoms with Crippen LogP contribution in [0.1, 0.15) is 12.5 Å². The van der Waals surface area contributed by atoms with Crippen molar-refractivity contribution in [1.82, 2.24) is 4.98 Å². The quantitative estimate of drug-likeness (QED) is 0.742. The van der Waals surface area contributed by atoms with Gasteiger partial charge in [-0.3, -0.25) is 4.98 Å². The van der Waals surface area contributed by atoms with Gasteiger partial charge in [-0.2, -0.15) is 0 Å². The molecule has 1 heterocycles. The summed E-state index contributed by atoms with van der Waals surface area (Å²) in [5.41, 5.74) is 3.60. The summed E-state index contributed by atoms with van der Waals surface area (Å²) < 4.78 is 0. The monoisotopic (exact) mass is 217 g/mol. The van der Waals surface area contributed by atoms with Crippen LogP contribution in [0.15, 0.2) is 42.7 Å². The summed E-state index contributed by atoms with van der Waals surface area (Å²) in [6.07, 6.45) is 4.64. The Morgan fingerprint density at radius 3 is 2.80 bits per heavy atom. The number of nitrogens with zero attached hydrogens (tertiary/aromatic N) is 1. The van der Waals surface area contributed by atoms with Gasteiger partial charge in [0.1, 0.15) is 0 Å². The summed E-state index contributed by atoms with van der Waals surface area (Å²) in [7, 11) is 0. The second-order valence-electron chi connectivity index (χ2n) is 3.40. The van der Waals surface area contributed by atoms with E-state index in [1.165, 1.54) is 11.1 Å². The third-order valence-electron chi connectivity index (χ3n) is 2.43. The van der Waals surface area contributed by atoms with Gasteiger partial charge in [0.25, 0.3) is 0 Å². The fraction of sp³-hybridized carbons (Fsp3) is 0.154. The molecule has 2 rings (SSSR count). The number of rotatable bonds is 2. The zero-order valence-electron chi connectivity index (χ0n) is 8.57. The molecule has 2 heteroatoms. The Bertz CT molecular complexity index is 451. The zero-order valence-corrected chi connectivity index (χ0v) is 9.33. The van der Waals surface area contributed by atoms with Crippen LogP contribution in [-0.4, -0.2) is 4.98 Å². The number of hydrogen-bond donors (Lipinski definition) is 0. The molecule has 0 saturated heterocycles. The van der Waals surface area contributed by atoms with Crippen LogP contribution in [0.4, 0.5) is 0 Å². The van der Waals surface area contributed by atoms with E-state index in [4.69, 9.17) is 11.6 Å². The molecule has 15 heavy (non-hydrogen) atoms. The molecule has 0 amide bonds. The molecular formula is C13H12ClN. The Kier molecular flexibility index (Phi) is 3.02. The summed E-state index contributed by atoms with van der Waals surface area (Å²) in [4.78, 5) is 4.12. The van der Waals surface area contributed by atoms with Crippen LogP contribution >= 0.6 is 11.6 Å². The van der Waals surface area contributed by atoms with Gasteiger partial charge in [0.2, 0.25) is 0 Å².